The van der Waals surface area contributed by atoms with Gasteiger partial charge in [-0.3, -0.25) is 4.79 Å². The standard InChI is InChI=1S/C15H21FN2OS/c1-3-9(2)14(17)15(19)18-12-6-7-20-13-5-4-10(16)8-11(12)13/h4-5,8-9,12,14H,3,6-7,17H2,1-2H3,(H,18,19)/t9-,12?,14-/m0/s1. The van der Waals surface area contributed by atoms with E-state index in [2.05, 4.69) is 5.32 Å². The second kappa shape index (κ2) is 6.59. The maximum absolute atomic E-state index is 13.4. The minimum absolute atomic E-state index is 0.135. The minimum Gasteiger partial charge on any atom is -0.348 e. The Morgan fingerprint density at radius 1 is 1.60 bits per heavy atom. The first kappa shape index (κ1) is 15.3. The average molecular weight is 296 g/mol. The van der Waals surface area contributed by atoms with Crippen molar-refractivity contribution in [3.63, 3.8) is 0 Å². The normalized spacial score (nSPS) is 20.9. The first-order chi connectivity index (χ1) is 9.52. The maximum Gasteiger partial charge on any atom is 0.237 e. The van der Waals surface area contributed by atoms with Crippen LogP contribution in [0.3, 0.4) is 0 Å². The number of nitrogens with one attached hydrogen (secondary N) is 1. The van der Waals surface area contributed by atoms with E-state index in [0.717, 1.165) is 29.1 Å². The molecule has 0 saturated heterocycles. The Bertz CT molecular complexity index is 495. The van der Waals surface area contributed by atoms with Crippen LogP contribution >= 0.6 is 11.8 Å². The predicted octanol–water partition coefficient (Wildman–Crippen LogP) is 2.85. The molecule has 110 valence electrons. The van der Waals surface area contributed by atoms with Gasteiger partial charge < -0.3 is 11.1 Å². The van der Waals surface area contributed by atoms with Gasteiger partial charge in [-0.1, -0.05) is 20.3 Å². The average Bonchev–Trinajstić information content (AvgIpc) is 2.46. The number of benzene rings is 1. The highest BCUT2D eigenvalue weighted by Crippen LogP contribution is 2.36. The summed E-state index contributed by atoms with van der Waals surface area (Å²) >= 11 is 1.70. The topological polar surface area (TPSA) is 55.1 Å². The van der Waals surface area contributed by atoms with Gasteiger partial charge in [-0.2, -0.15) is 0 Å². The Labute approximate surface area is 123 Å². The Morgan fingerprint density at radius 3 is 3.05 bits per heavy atom. The van der Waals surface area contributed by atoms with E-state index in [9.17, 15) is 9.18 Å². The lowest BCUT2D eigenvalue weighted by Gasteiger charge is -2.28. The lowest BCUT2D eigenvalue weighted by molar-refractivity contribution is -0.124. The Hall–Kier alpha value is -1.07. The first-order valence-corrected chi connectivity index (χ1v) is 7.99. The van der Waals surface area contributed by atoms with E-state index in [4.69, 9.17) is 5.73 Å². The van der Waals surface area contributed by atoms with E-state index in [0.29, 0.717) is 0 Å². The summed E-state index contributed by atoms with van der Waals surface area (Å²) in [6.07, 6.45) is 1.67. The van der Waals surface area contributed by atoms with Crippen molar-refractivity contribution in [1.82, 2.24) is 5.32 Å². The third-order valence-corrected chi connectivity index (χ3v) is 5.01. The van der Waals surface area contributed by atoms with Crippen LogP contribution in [0.1, 0.15) is 38.3 Å². The van der Waals surface area contributed by atoms with E-state index in [1.807, 2.05) is 13.8 Å². The lowest BCUT2D eigenvalue weighted by atomic mass is 9.97. The predicted molar refractivity (Wildman–Crippen MR) is 80.1 cm³/mol. The summed E-state index contributed by atoms with van der Waals surface area (Å²) in [5.74, 6) is 0.644. The molecule has 0 bridgehead atoms. The fraction of sp³-hybridized carbons (Fsp3) is 0.533. The number of carbonyl (C=O) groups excluding carboxylic acids is 1. The van der Waals surface area contributed by atoms with Crippen molar-refractivity contribution in [3.05, 3.63) is 29.6 Å². The van der Waals surface area contributed by atoms with Crippen LogP contribution in [-0.4, -0.2) is 17.7 Å². The van der Waals surface area contributed by atoms with Gasteiger partial charge in [0.05, 0.1) is 12.1 Å². The molecule has 3 atom stereocenters. The van der Waals surface area contributed by atoms with Crippen LogP contribution in [0.25, 0.3) is 0 Å². The van der Waals surface area contributed by atoms with Crippen LogP contribution in [0.15, 0.2) is 23.1 Å². The van der Waals surface area contributed by atoms with E-state index in [1.54, 1.807) is 17.8 Å². The summed E-state index contributed by atoms with van der Waals surface area (Å²) in [5, 5.41) is 2.97. The van der Waals surface area contributed by atoms with Crippen LogP contribution in [-0.2, 0) is 4.79 Å². The largest absolute Gasteiger partial charge is 0.348 e. The molecule has 2 rings (SSSR count). The zero-order chi connectivity index (χ0) is 14.7. The maximum atomic E-state index is 13.4. The molecule has 3 N–H and O–H groups in total. The molecule has 1 amide bonds. The number of fused-ring (bicyclic) bond motifs is 1. The van der Waals surface area contributed by atoms with Gasteiger partial charge in [0, 0.05) is 10.6 Å². The van der Waals surface area contributed by atoms with Gasteiger partial charge >= 0.3 is 0 Å². The van der Waals surface area contributed by atoms with Gasteiger partial charge in [-0.25, -0.2) is 4.39 Å². The molecule has 0 spiro atoms. The molecule has 5 heteroatoms. The van der Waals surface area contributed by atoms with E-state index in [1.165, 1.54) is 12.1 Å². The molecule has 0 saturated carbocycles. The number of amides is 1. The number of hydrogen-bond donors (Lipinski definition) is 2. The highest BCUT2D eigenvalue weighted by atomic mass is 32.2. The van der Waals surface area contributed by atoms with Crippen LogP contribution < -0.4 is 11.1 Å². The number of carbonyl (C=O) groups is 1. The lowest BCUT2D eigenvalue weighted by Crippen LogP contribution is -2.46. The van der Waals surface area contributed by atoms with Crippen molar-refractivity contribution in [2.24, 2.45) is 11.7 Å². The Morgan fingerprint density at radius 2 is 2.35 bits per heavy atom. The van der Waals surface area contributed by atoms with Gasteiger partial charge in [-0.05, 0) is 36.1 Å². The molecule has 1 heterocycles. The molecule has 1 aromatic rings. The molecular weight excluding hydrogens is 275 g/mol. The molecule has 1 unspecified atom stereocenters. The molecule has 3 nitrogen and oxygen atoms in total. The molecule has 1 aliphatic heterocycles. The van der Waals surface area contributed by atoms with Crippen molar-refractivity contribution >= 4 is 17.7 Å². The van der Waals surface area contributed by atoms with E-state index >= 15 is 0 Å². The van der Waals surface area contributed by atoms with Crippen molar-refractivity contribution < 1.29 is 9.18 Å². The molecule has 0 aliphatic carbocycles. The monoisotopic (exact) mass is 296 g/mol. The second-order valence-corrected chi connectivity index (χ2v) is 6.43. The number of halogens is 1. The summed E-state index contributed by atoms with van der Waals surface area (Å²) in [6, 6.07) is 4.11. The quantitative estimate of drug-likeness (QED) is 0.898. The minimum atomic E-state index is -0.508. The molecule has 0 fully saturated rings. The van der Waals surface area contributed by atoms with Crippen LogP contribution in [0.4, 0.5) is 4.39 Å². The van der Waals surface area contributed by atoms with Crippen molar-refractivity contribution in [2.45, 2.75) is 43.7 Å². The molecule has 20 heavy (non-hydrogen) atoms. The highest BCUT2D eigenvalue weighted by molar-refractivity contribution is 7.99. The summed E-state index contributed by atoms with van der Waals surface area (Å²) in [6.45, 7) is 3.98. The van der Waals surface area contributed by atoms with Gasteiger partial charge in [0.1, 0.15) is 5.82 Å². The number of thioether (sulfide) groups is 1. The highest BCUT2D eigenvalue weighted by Gasteiger charge is 2.26. The summed E-state index contributed by atoms with van der Waals surface area (Å²) in [7, 11) is 0. The SMILES string of the molecule is CC[C@H](C)[C@H](N)C(=O)NC1CCSc2ccc(F)cc21. The molecular formula is C15H21FN2OS. The van der Waals surface area contributed by atoms with Crippen LogP contribution in [0, 0.1) is 11.7 Å². The van der Waals surface area contributed by atoms with Gasteiger partial charge in [0.25, 0.3) is 0 Å². The zero-order valence-electron chi connectivity index (χ0n) is 11.9. The van der Waals surface area contributed by atoms with Gasteiger partial charge in [-0.15, -0.1) is 11.8 Å². The fourth-order valence-electron chi connectivity index (χ4n) is 2.30. The molecule has 0 radical (unpaired) electrons. The summed E-state index contributed by atoms with van der Waals surface area (Å²) < 4.78 is 13.4. The Balaban J connectivity index is 2.12. The molecule has 1 aromatic carbocycles. The third kappa shape index (κ3) is 3.33. The molecule has 0 aromatic heterocycles. The van der Waals surface area contributed by atoms with Crippen molar-refractivity contribution in [2.75, 3.05) is 5.75 Å². The smallest absolute Gasteiger partial charge is 0.237 e. The van der Waals surface area contributed by atoms with E-state index in [-0.39, 0.29) is 23.7 Å². The number of hydrogen-bond acceptors (Lipinski definition) is 3. The summed E-state index contributed by atoms with van der Waals surface area (Å²) in [5.41, 5.74) is 6.81. The Kier molecular flexibility index (Phi) is 5.05. The van der Waals surface area contributed by atoms with Crippen molar-refractivity contribution in [1.29, 1.82) is 0 Å². The zero-order valence-corrected chi connectivity index (χ0v) is 12.7. The third-order valence-electron chi connectivity index (χ3n) is 3.89. The van der Waals surface area contributed by atoms with Crippen LogP contribution in [0.2, 0.25) is 0 Å². The van der Waals surface area contributed by atoms with Crippen molar-refractivity contribution in [3.8, 4) is 0 Å². The number of nitrogens with two attached hydrogens (primary N) is 1. The second-order valence-electron chi connectivity index (χ2n) is 5.29. The van der Waals surface area contributed by atoms with Crippen LogP contribution in [0.5, 0.6) is 0 Å². The summed E-state index contributed by atoms with van der Waals surface area (Å²) in [4.78, 5) is 13.2. The van der Waals surface area contributed by atoms with Gasteiger partial charge in [0.15, 0.2) is 0 Å². The first-order valence-electron chi connectivity index (χ1n) is 7.01. The number of rotatable bonds is 4. The van der Waals surface area contributed by atoms with E-state index < -0.39 is 6.04 Å². The fourth-order valence-corrected chi connectivity index (χ4v) is 3.40. The molecule has 1 aliphatic rings. The van der Waals surface area contributed by atoms with Gasteiger partial charge in [0.2, 0.25) is 5.91 Å².